The third kappa shape index (κ3) is 3.57. The Morgan fingerprint density at radius 3 is 2.42 bits per heavy atom. The van der Waals surface area contributed by atoms with Crippen molar-refractivity contribution in [2.45, 2.75) is 90.6 Å². The van der Waals surface area contributed by atoms with Crippen molar-refractivity contribution in [3.05, 3.63) is 34.9 Å². The van der Waals surface area contributed by atoms with Crippen LogP contribution in [-0.4, -0.2) is 10.7 Å². The summed E-state index contributed by atoms with van der Waals surface area (Å²) in [6, 6.07) is 7.64. The molecule has 31 heavy (non-hydrogen) atoms. The van der Waals surface area contributed by atoms with Gasteiger partial charge in [0, 0.05) is 10.6 Å². The highest BCUT2D eigenvalue weighted by molar-refractivity contribution is 6.30. The molecule has 4 aliphatic rings. The predicted octanol–water partition coefficient (Wildman–Crippen LogP) is 7.49. The van der Waals surface area contributed by atoms with Crippen LogP contribution in [0.25, 0.3) is 0 Å². The lowest BCUT2D eigenvalue weighted by Crippen LogP contribution is -2.55. The van der Waals surface area contributed by atoms with Crippen molar-refractivity contribution in [3.63, 3.8) is 0 Å². The zero-order valence-corrected chi connectivity index (χ0v) is 20.3. The normalized spacial score (nSPS) is 46.3. The summed E-state index contributed by atoms with van der Waals surface area (Å²) in [6.07, 6.45) is 12.6. The van der Waals surface area contributed by atoms with E-state index in [9.17, 15) is 5.11 Å². The first kappa shape index (κ1) is 21.9. The van der Waals surface area contributed by atoms with E-state index < -0.39 is 5.60 Å². The van der Waals surface area contributed by atoms with Crippen LogP contribution in [0, 0.1) is 52.3 Å². The molecule has 0 amide bonds. The van der Waals surface area contributed by atoms with Gasteiger partial charge in [-0.1, -0.05) is 50.6 Å². The van der Waals surface area contributed by atoms with Crippen LogP contribution in [0.4, 0.5) is 0 Å². The fraction of sp³-hybridized carbons (Fsp3) is 0.724. The van der Waals surface area contributed by atoms with Crippen LogP contribution < -0.4 is 0 Å². The van der Waals surface area contributed by atoms with Crippen LogP contribution in [0.1, 0.15) is 90.5 Å². The molecular formula is C29H39ClO. The van der Waals surface area contributed by atoms with Gasteiger partial charge in [0.05, 0.1) is 0 Å². The van der Waals surface area contributed by atoms with E-state index in [0.29, 0.717) is 16.7 Å². The maximum atomic E-state index is 11.4. The van der Waals surface area contributed by atoms with Gasteiger partial charge in [0.1, 0.15) is 5.60 Å². The second-order valence-electron chi connectivity index (χ2n) is 11.9. The van der Waals surface area contributed by atoms with E-state index in [0.717, 1.165) is 53.5 Å². The summed E-state index contributed by atoms with van der Waals surface area (Å²) < 4.78 is 0. The van der Waals surface area contributed by atoms with Gasteiger partial charge >= 0.3 is 0 Å². The summed E-state index contributed by atoms with van der Waals surface area (Å²) in [5.41, 5.74) is 1.09. The molecule has 8 atom stereocenters. The Bertz CT molecular complexity index is 880. The van der Waals surface area contributed by atoms with Crippen LogP contribution >= 0.6 is 11.6 Å². The van der Waals surface area contributed by atoms with Gasteiger partial charge in [0.25, 0.3) is 0 Å². The number of fused-ring (bicyclic) bond motifs is 5. The second kappa shape index (κ2) is 7.81. The van der Waals surface area contributed by atoms with E-state index in [1.807, 2.05) is 24.3 Å². The lowest BCUT2D eigenvalue weighted by Gasteiger charge is -2.61. The first-order valence-corrected chi connectivity index (χ1v) is 13.2. The van der Waals surface area contributed by atoms with Crippen molar-refractivity contribution in [3.8, 4) is 11.8 Å². The molecular weight excluding hydrogens is 400 g/mol. The topological polar surface area (TPSA) is 20.2 Å². The lowest BCUT2D eigenvalue weighted by atomic mass is 9.44. The fourth-order valence-electron chi connectivity index (χ4n) is 8.86. The number of halogens is 1. The van der Waals surface area contributed by atoms with Gasteiger partial charge in [-0.15, -0.1) is 0 Å². The molecule has 0 unspecified atom stereocenters. The molecule has 0 spiro atoms. The van der Waals surface area contributed by atoms with E-state index in [2.05, 4.69) is 32.6 Å². The zero-order chi connectivity index (χ0) is 21.9. The minimum Gasteiger partial charge on any atom is -0.378 e. The highest BCUT2D eigenvalue weighted by Crippen LogP contribution is 2.68. The molecule has 2 heteroatoms. The van der Waals surface area contributed by atoms with Crippen molar-refractivity contribution in [1.82, 2.24) is 0 Å². The van der Waals surface area contributed by atoms with Crippen LogP contribution in [0.15, 0.2) is 24.3 Å². The van der Waals surface area contributed by atoms with Gasteiger partial charge in [-0.05, 0) is 122 Å². The minimum atomic E-state index is -0.833. The molecule has 4 fully saturated rings. The highest BCUT2D eigenvalue weighted by atomic mass is 35.5. The van der Waals surface area contributed by atoms with Crippen LogP contribution in [-0.2, 0) is 0 Å². The van der Waals surface area contributed by atoms with Crippen molar-refractivity contribution < 1.29 is 5.11 Å². The molecule has 4 aliphatic carbocycles. The molecule has 0 aliphatic heterocycles. The Hall–Kier alpha value is -0.970. The van der Waals surface area contributed by atoms with Gasteiger partial charge in [0.2, 0.25) is 0 Å². The molecule has 1 N–H and O–H groups in total. The van der Waals surface area contributed by atoms with Gasteiger partial charge in [-0.3, -0.25) is 0 Å². The summed E-state index contributed by atoms with van der Waals surface area (Å²) in [4.78, 5) is 0. The summed E-state index contributed by atoms with van der Waals surface area (Å²) in [6.45, 7) is 7.63. The summed E-state index contributed by atoms with van der Waals surface area (Å²) in [5, 5.41) is 12.1. The maximum Gasteiger partial charge on any atom is 0.126 e. The first-order chi connectivity index (χ1) is 14.8. The number of benzene rings is 1. The van der Waals surface area contributed by atoms with E-state index >= 15 is 0 Å². The Kier molecular flexibility index (Phi) is 5.51. The quantitative estimate of drug-likeness (QED) is 0.450. The molecule has 0 aromatic heterocycles. The van der Waals surface area contributed by atoms with Crippen molar-refractivity contribution in [2.75, 3.05) is 0 Å². The molecule has 168 valence electrons. The number of hydrogen-bond donors (Lipinski definition) is 1. The van der Waals surface area contributed by atoms with Gasteiger partial charge in [0.15, 0.2) is 0 Å². The number of aliphatic hydroxyl groups is 1. The van der Waals surface area contributed by atoms with Gasteiger partial charge in [-0.25, -0.2) is 0 Å². The molecule has 5 rings (SSSR count). The summed E-state index contributed by atoms with van der Waals surface area (Å²) in [5.74, 6) is 10.8. The Morgan fingerprint density at radius 1 is 0.935 bits per heavy atom. The maximum absolute atomic E-state index is 11.4. The lowest BCUT2D eigenvalue weighted by molar-refractivity contribution is -0.138. The average Bonchev–Trinajstić information content (AvgIpc) is 3.10. The van der Waals surface area contributed by atoms with Gasteiger partial charge < -0.3 is 5.11 Å². The number of rotatable bonds is 1. The first-order valence-electron chi connectivity index (χ1n) is 12.8. The minimum absolute atomic E-state index is 0.392. The Morgan fingerprint density at radius 2 is 1.68 bits per heavy atom. The molecule has 0 radical (unpaired) electrons. The molecule has 1 aromatic rings. The largest absolute Gasteiger partial charge is 0.378 e. The predicted molar refractivity (Wildman–Crippen MR) is 129 cm³/mol. The zero-order valence-electron chi connectivity index (χ0n) is 19.6. The van der Waals surface area contributed by atoms with Crippen LogP contribution in [0.5, 0.6) is 0 Å². The van der Waals surface area contributed by atoms with E-state index in [-0.39, 0.29) is 0 Å². The third-order valence-corrected chi connectivity index (χ3v) is 11.0. The Balaban J connectivity index is 1.34. The van der Waals surface area contributed by atoms with E-state index in [1.165, 1.54) is 44.9 Å². The van der Waals surface area contributed by atoms with E-state index in [1.54, 1.807) is 0 Å². The van der Waals surface area contributed by atoms with Crippen LogP contribution in [0.3, 0.4) is 0 Å². The van der Waals surface area contributed by atoms with Crippen LogP contribution in [0.2, 0.25) is 5.02 Å². The fourth-order valence-corrected chi connectivity index (χ4v) is 8.99. The summed E-state index contributed by atoms with van der Waals surface area (Å²) in [7, 11) is 0. The van der Waals surface area contributed by atoms with E-state index in [4.69, 9.17) is 11.6 Å². The van der Waals surface area contributed by atoms with Crippen molar-refractivity contribution in [1.29, 1.82) is 0 Å². The van der Waals surface area contributed by atoms with Gasteiger partial charge in [-0.2, -0.15) is 0 Å². The molecule has 1 nitrogen and oxygen atoms in total. The van der Waals surface area contributed by atoms with Crippen molar-refractivity contribution in [2.24, 2.45) is 40.4 Å². The summed E-state index contributed by atoms with van der Waals surface area (Å²) >= 11 is 6.00. The Labute approximate surface area is 194 Å². The molecule has 0 saturated heterocycles. The molecule has 4 saturated carbocycles. The molecule has 1 aromatic carbocycles. The molecule has 0 bridgehead atoms. The molecule has 0 heterocycles. The smallest absolute Gasteiger partial charge is 0.126 e. The highest BCUT2D eigenvalue weighted by Gasteiger charge is 2.60. The monoisotopic (exact) mass is 438 g/mol. The SMILES string of the molecule is CC[C@H]1CC[C@H]2[C@@H]3CC[C@@H]4C[C@@](O)(C#Cc5ccc(Cl)cc5)CC[C@]4(C)[C@H]3CC[C@]12C. The second-order valence-corrected chi connectivity index (χ2v) is 12.3. The third-order valence-electron chi connectivity index (χ3n) is 10.7. The average molecular weight is 439 g/mol. The number of hydrogen-bond acceptors (Lipinski definition) is 1. The van der Waals surface area contributed by atoms with Crippen molar-refractivity contribution >= 4 is 11.6 Å². The standard InChI is InChI=1S/C29H39ClO/c1-4-21-8-12-25-24-11-7-22-19-29(31,16-13-20-5-9-23(30)10-6-20)18-17-28(22,3)26(24)14-15-27(21,25)2/h5-6,9-10,21-22,24-26,31H,4,7-8,11-12,14-15,17-19H2,1-3H3/t21-,22+,24-,25-,26-,27+,28-,29+/m0/s1.